The van der Waals surface area contributed by atoms with Gasteiger partial charge in [-0.25, -0.2) is 0 Å². The molecule has 0 amide bonds. The summed E-state index contributed by atoms with van der Waals surface area (Å²) in [5.41, 5.74) is 0.806. The molecule has 0 radical (unpaired) electrons. The van der Waals surface area contributed by atoms with Crippen molar-refractivity contribution < 1.29 is 10.2 Å². The molecule has 0 aliphatic carbocycles. The molecule has 13 heavy (non-hydrogen) atoms. The Hall–Kier alpha value is -1.09. The smallest absolute Gasteiger partial charge is 0.159 e. The zero-order valence-electron chi connectivity index (χ0n) is 7.61. The standard InChI is InChI=1S/C9H13NO2.ClH/c1-6(2)10-7-3-4-8(11)9(12)5-7;/h3-6,10-12H,1-2H3;1H. The zero-order valence-corrected chi connectivity index (χ0v) is 8.43. The van der Waals surface area contributed by atoms with Crippen molar-refractivity contribution in [2.45, 2.75) is 19.9 Å². The van der Waals surface area contributed by atoms with E-state index in [-0.39, 0.29) is 23.9 Å². The van der Waals surface area contributed by atoms with Crippen LogP contribution in [-0.4, -0.2) is 16.3 Å². The number of phenols is 2. The minimum absolute atomic E-state index is 0. The third kappa shape index (κ3) is 3.42. The molecule has 0 aliphatic heterocycles. The monoisotopic (exact) mass is 203 g/mol. The average Bonchev–Trinajstić information content (AvgIpc) is 1.96. The molecule has 0 bridgehead atoms. The molecule has 0 atom stereocenters. The van der Waals surface area contributed by atoms with Gasteiger partial charge in [0.15, 0.2) is 11.5 Å². The van der Waals surface area contributed by atoms with Crippen LogP contribution >= 0.6 is 12.4 Å². The highest BCUT2D eigenvalue weighted by Crippen LogP contribution is 2.27. The van der Waals surface area contributed by atoms with Gasteiger partial charge in [0.2, 0.25) is 0 Å². The maximum absolute atomic E-state index is 9.12. The predicted octanol–water partition coefficient (Wildman–Crippen LogP) is 2.34. The van der Waals surface area contributed by atoms with Crippen LogP contribution in [0.1, 0.15) is 13.8 Å². The molecule has 0 spiro atoms. The summed E-state index contributed by atoms with van der Waals surface area (Å²) in [5.74, 6) is -0.190. The van der Waals surface area contributed by atoms with E-state index in [4.69, 9.17) is 10.2 Å². The topological polar surface area (TPSA) is 52.5 Å². The Labute approximate surface area is 83.8 Å². The first-order chi connectivity index (χ1) is 5.59. The molecule has 0 heterocycles. The van der Waals surface area contributed by atoms with Gasteiger partial charge in [-0.3, -0.25) is 0 Å². The van der Waals surface area contributed by atoms with Crippen molar-refractivity contribution in [2.24, 2.45) is 0 Å². The van der Waals surface area contributed by atoms with E-state index in [0.29, 0.717) is 6.04 Å². The van der Waals surface area contributed by atoms with Gasteiger partial charge in [0, 0.05) is 17.8 Å². The van der Waals surface area contributed by atoms with Crippen molar-refractivity contribution in [3.05, 3.63) is 18.2 Å². The van der Waals surface area contributed by atoms with E-state index in [1.165, 1.54) is 12.1 Å². The Kier molecular flexibility index (Phi) is 4.42. The molecule has 0 aliphatic rings. The minimum Gasteiger partial charge on any atom is -0.504 e. The lowest BCUT2D eigenvalue weighted by Crippen LogP contribution is -2.09. The summed E-state index contributed by atoms with van der Waals surface area (Å²) in [6.45, 7) is 4.01. The summed E-state index contributed by atoms with van der Waals surface area (Å²) in [7, 11) is 0. The summed E-state index contributed by atoms with van der Waals surface area (Å²) in [6.07, 6.45) is 0. The fraction of sp³-hybridized carbons (Fsp3) is 0.333. The molecule has 1 aromatic rings. The van der Waals surface area contributed by atoms with Crippen LogP contribution in [0.25, 0.3) is 0 Å². The fourth-order valence-electron chi connectivity index (χ4n) is 0.947. The Balaban J connectivity index is 0.00000144. The van der Waals surface area contributed by atoms with Gasteiger partial charge in [-0.05, 0) is 26.0 Å². The first-order valence-corrected chi connectivity index (χ1v) is 3.88. The van der Waals surface area contributed by atoms with Crippen LogP contribution in [0.2, 0.25) is 0 Å². The fourth-order valence-corrected chi connectivity index (χ4v) is 0.947. The van der Waals surface area contributed by atoms with Crippen molar-refractivity contribution in [2.75, 3.05) is 5.32 Å². The first-order valence-electron chi connectivity index (χ1n) is 3.88. The Morgan fingerprint density at radius 2 is 1.77 bits per heavy atom. The van der Waals surface area contributed by atoms with Crippen LogP contribution in [0.3, 0.4) is 0 Å². The first kappa shape index (κ1) is 11.9. The molecular weight excluding hydrogens is 190 g/mol. The van der Waals surface area contributed by atoms with E-state index in [0.717, 1.165) is 5.69 Å². The summed E-state index contributed by atoms with van der Waals surface area (Å²) < 4.78 is 0. The van der Waals surface area contributed by atoms with Gasteiger partial charge >= 0.3 is 0 Å². The van der Waals surface area contributed by atoms with Crippen LogP contribution in [-0.2, 0) is 0 Å². The van der Waals surface area contributed by atoms with Crippen molar-refractivity contribution in [3.8, 4) is 11.5 Å². The Morgan fingerprint density at radius 1 is 1.15 bits per heavy atom. The molecule has 3 N–H and O–H groups in total. The highest BCUT2D eigenvalue weighted by molar-refractivity contribution is 5.85. The van der Waals surface area contributed by atoms with Crippen LogP contribution in [0.4, 0.5) is 5.69 Å². The lowest BCUT2D eigenvalue weighted by atomic mass is 10.2. The van der Waals surface area contributed by atoms with Crippen LogP contribution in [0, 0.1) is 0 Å². The highest BCUT2D eigenvalue weighted by atomic mass is 35.5. The van der Waals surface area contributed by atoms with Gasteiger partial charge in [0.05, 0.1) is 0 Å². The number of aromatic hydroxyl groups is 2. The molecule has 4 heteroatoms. The van der Waals surface area contributed by atoms with Crippen molar-refractivity contribution in [1.82, 2.24) is 0 Å². The second kappa shape index (κ2) is 4.82. The third-order valence-electron chi connectivity index (χ3n) is 1.43. The lowest BCUT2D eigenvalue weighted by molar-refractivity contribution is 0.404. The molecule has 0 unspecified atom stereocenters. The molecule has 74 valence electrons. The summed E-state index contributed by atoms with van der Waals surface area (Å²) >= 11 is 0. The lowest BCUT2D eigenvalue weighted by Gasteiger charge is -2.10. The van der Waals surface area contributed by atoms with Crippen LogP contribution < -0.4 is 5.32 Å². The van der Waals surface area contributed by atoms with Crippen LogP contribution in [0.15, 0.2) is 18.2 Å². The maximum Gasteiger partial charge on any atom is 0.159 e. The average molecular weight is 204 g/mol. The Bertz CT molecular complexity index is 276. The summed E-state index contributed by atoms with van der Waals surface area (Å²) in [4.78, 5) is 0. The van der Waals surface area contributed by atoms with E-state index >= 15 is 0 Å². The number of nitrogens with one attached hydrogen (secondary N) is 1. The zero-order chi connectivity index (χ0) is 9.14. The highest BCUT2D eigenvalue weighted by Gasteiger charge is 2.00. The predicted molar refractivity (Wildman–Crippen MR) is 55.8 cm³/mol. The van der Waals surface area contributed by atoms with E-state index in [9.17, 15) is 0 Å². The molecule has 0 aromatic heterocycles. The third-order valence-corrected chi connectivity index (χ3v) is 1.43. The molecule has 1 aromatic carbocycles. The summed E-state index contributed by atoms with van der Waals surface area (Å²) in [6, 6.07) is 4.98. The number of halogens is 1. The van der Waals surface area contributed by atoms with Gasteiger partial charge < -0.3 is 15.5 Å². The van der Waals surface area contributed by atoms with Crippen LogP contribution in [0.5, 0.6) is 11.5 Å². The molecular formula is C9H14ClNO2. The largest absolute Gasteiger partial charge is 0.504 e. The number of hydrogen-bond acceptors (Lipinski definition) is 3. The molecule has 0 fully saturated rings. The number of hydrogen-bond donors (Lipinski definition) is 3. The van der Waals surface area contributed by atoms with Crippen molar-refractivity contribution in [3.63, 3.8) is 0 Å². The second-order valence-electron chi connectivity index (χ2n) is 3.00. The van der Waals surface area contributed by atoms with Crippen molar-refractivity contribution in [1.29, 1.82) is 0 Å². The number of rotatable bonds is 2. The number of phenolic OH excluding ortho intramolecular Hbond substituents is 2. The quantitative estimate of drug-likeness (QED) is 0.511. The maximum atomic E-state index is 9.12. The van der Waals surface area contributed by atoms with Gasteiger partial charge in [-0.1, -0.05) is 0 Å². The number of benzene rings is 1. The Morgan fingerprint density at radius 3 is 2.23 bits per heavy atom. The normalized spacial score (nSPS) is 9.46. The van der Waals surface area contributed by atoms with Gasteiger partial charge in [-0.2, -0.15) is 0 Å². The van der Waals surface area contributed by atoms with Gasteiger partial charge in [-0.15, -0.1) is 12.4 Å². The van der Waals surface area contributed by atoms with Gasteiger partial charge in [0.25, 0.3) is 0 Å². The van der Waals surface area contributed by atoms with E-state index < -0.39 is 0 Å². The second-order valence-corrected chi connectivity index (χ2v) is 3.00. The summed E-state index contributed by atoms with van der Waals surface area (Å²) in [5, 5.41) is 21.2. The van der Waals surface area contributed by atoms with E-state index in [2.05, 4.69) is 5.32 Å². The number of anilines is 1. The molecule has 3 nitrogen and oxygen atoms in total. The van der Waals surface area contributed by atoms with E-state index in [1.807, 2.05) is 13.8 Å². The van der Waals surface area contributed by atoms with Crippen molar-refractivity contribution >= 4 is 18.1 Å². The molecule has 1 rings (SSSR count). The van der Waals surface area contributed by atoms with Gasteiger partial charge in [0.1, 0.15) is 0 Å². The molecule has 0 saturated carbocycles. The molecule has 0 saturated heterocycles. The minimum atomic E-state index is -0.0966. The SMILES string of the molecule is CC(C)Nc1ccc(O)c(O)c1.Cl. The van der Waals surface area contributed by atoms with E-state index in [1.54, 1.807) is 6.07 Å².